The van der Waals surface area contributed by atoms with Crippen molar-refractivity contribution in [3.05, 3.63) is 23.3 Å². The number of allylic oxidation sites excluding steroid dienone is 4. The van der Waals surface area contributed by atoms with Gasteiger partial charge in [0.05, 0.1) is 0 Å². The zero-order chi connectivity index (χ0) is 11.1. The molecular formula is C14H20O. The fourth-order valence-electron chi connectivity index (χ4n) is 2.67. The van der Waals surface area contributed by atoms with E-state index in [9.17, 15) is 4.79 Å². The molecule has 0 aromatic carbocycles. The smallest absolute Gasteiger partial charge is 0.155 e. The summed E-state index contributed by atoms with van der Waals surface area (Å²) in [6.07, 6.45) is 8.29. The molecule has 0 spiro atoms. The summed E-state index contributed by atoms with van der Waals surface area (Å²) in [5.41, 5.74) is 3.21. The van der Waals surface area contributed by atoms with E-state index in [0.717, 1.165) is 19.3 Å². The van der Waals surface area contributed by atoms with Crippen molar-refractivity contribution in [2.45, 2.75) is 46.5 Å². The van der Waals surface area contributed by atoms with Gasteiger partial charge in [-0.3, -0.25) is 4.79 Å². The van der Waals surface area contributed by atoms with E-state index in [1.54, 1.807) is 0 Å². The lowest BCUT2D eigenvalue weighted by Gasteiger charge is -2.30. The van der Waals surface area contributed by atoms with Gasteiger partial charge in [0.2, 0.25) is 0 Å². The molecule has 0 saturated heterocycles. The first-order valence-electron chi connectivity index (χ1n) is 5.89. The Bertz CT molecular complexity index is 344. The summed E-state index contributed by atoms with van der Waals surface area (Å²) in [5, 5.41) is 0. The average molecular weight is 204 g/mol. The summed E-state index contributed by atoms with van der Waals surface area (Å²) in [7, 11) is 0. The van der Waals surface area contributed by atoms with Crippen LogP contribution in [0.5, 0.6) is 0 Å². The largest absolute Gasteiger partial charge is 0.295 e. The lowest BCUT2D eigenvalue weighted by atomic mass is 9.75. The van der Waals surface area contributed by atoms with Crippen molar-refractivity contribution in [1.29, 1.82) is 0 Å². The molecule has 0 N–H and O–H groups in total. The quantitative estimate of drug-likeness (QED) is 0.627. The highest BCUT2D eigenvalue weighted by Gasteiger charge is 2.35. The highest BCUT2D eigenvalue weighted by molar-refractivity contribution is 5.92. The molecule has 0 fully saturated rings. The van der Waals surface area contributed by atoms with Gasteiger partial charge in [0.1, 0.15) is 0 Å². The predicted molar refractivity (Wildman–Crippen MR) is 62.6 cm³/mol. The van der Waals surface area contributed by atoms with Crippen LogP contribution in [0, 0.1) is 11.3 Å². The number of hydrogen-bond acceptors (Lipinski definition) is 1. The van der Waals surface area contributed by atoms with Crippen molar-refractivity contribution in [2.24, 2.45) is 11.3 Å². The van der Waals surface area contributed by atoms with Crippen molar-refractivity contribution in [1.82, 2.24) is 0 Å². The lowest BCUT2D eigenvalue weighted by molar-refractivity contribution is -0.114. The number of carbonyl (C=O) groups is 1. The first kappa shape index (κ1) is 10.7. The van der Waals surface area contributed by atoms with Crippen molar-refractivity contribution in [2.75, 3.05) is 0 Å². The minimum atomic E-state index is 0.325. The third kappa shape index (κ3) is 1.92. The average Bonchev–Trinajstić information content (AvgIpc) is 2.66. The monoisotopic (exact) mass is 204 g/mol. The molecule has 15 heavy (non-hydrogen) atoms. The van der Waals surface area contributed by atoms with Crippen molar-refractivity contribution >= 4 is 5.78 Å². The van der Waals surface area contributed by atoms with Crippen LogP contribution in [0.4, 0.5) is 0 Å². The standard InChI is InChI=1S/C14H20O/c1-10-4-6-12(14(10,2)3)8-11-5-7-13(15)9-11/h4,9,12H,5-8H2,1-3H3. The summed E-state index contributed by atoms with van der Waals surface area (Å²) in [5.74, 6) is 1.03. The molecule has 1 nitrogen and oxygen atoms in total. The minimum Gasteiger partial charge on any atom is -0.295 e. The highest BCUT2D eigenvalue weighted by atomic mass is 16.1. The van der Waals surface area contributed by atoms with Gasteiger partial charge in [-0.1, -0.05) is 31.1 Å². The molecule has 0 aliphatic heterocycles. The molecule has 2 aliphatic rings. The van der Waals surface area contributed by atoms with Crippen LogP contribution in [0.1, 0.15) is 46.5 Å². The third-order valence-electron chi connectivity index (χ3n) is 4.31. The Labute approximate surface area is 92.3 Å². The van der Waals surface area contributed by atoms with E-state index in [0.29, 0.717) is 17.1 Å². The molecule has 0 bridgehead atoms. The summed E-state index contributed by atoms with van der Waals surface area (Å²) >= 11 is 0. The molecule has 0 aromatic rings. The Morgan fingerprint density at radius 1 is 1.40 bits per heavy atom. The molecule has 1 unspecified atom stereocenters. The van der Waals surface area contributed by atoms with E-state index in [1.807, 2.05) is 6.08 Å². The second-order valence-electron chi connectivity index (χ2n) is 5.51. The van der Waals surface area contributed by atoms with E-state index in [-0.39, 0.29) is 0 Å². The molecule has 2 aliphatic carbocycles. The Kier molecular flexibility index (Phi) is 2.57. The zero-order valence-electron chi connectivity index (χ0n) is 9.97. The van der Waals surface area contributed by atoms with Crippen molar-refractivity contribution in [3.8, 4) is 0 Å². The maximum absolute atomic E-state index is 11.2. The molecule has 2 rings (SSSR count). The van der Waals surface area contributed by atoms with Gasteiger partial charge >= 0.3 is 0 Å². The molecule has 1 atom stereocenters. The topological polar surface area (TPSA) is 17.1 Å². The van der Waals surface area contributed by atoms with E-state index >= 15 is 0 Å². The van der Waals surface area contributed by atoms with Gasteiger partial charge in [-0.15, -0.1) is 0 Å². The van der Waals surface area contributed by atoms with E-state index in [4.69, 9.17) is 0 Å². The lowest BCUT2D eigenvalue weighted by Crippen LogP contribution is -2.20. The summed E-state index contributed by atoms with van der Waals surface area (Å²) in [4.78, 5) is 11.2. The van der Waals surface area contributed by atoms with Crippen LogP contribution >= 0.6 is 0 Å². The van der Waals surface area contributed by atoms with Gasteiger partial charge in [0.25, 0.3) is 0 Å². The number of rotatable bonds is 2. The van der Waals surface area contributed by atoms with Gasteiger partial charge in [-0.05, 0) is 43.6 Å². The van der Waals surface area contributed by atoms with Gasteiger partial charge in [0.15, 0.2) is 5.78 Å². The Balaban J connectivity index is 2.03. The number of carbonyl (C=O) groups excluding carboxylic acids is 1. The molecule has 0 radical (unpaired) electrons. The van der Waals surface area contributed by atoms with Gasteiger partial charge < -0.3 is 0 Å². The highest BCUT2D eigenvalue weighted by Crippen LogP contribution is 2.46. The van der Waals surface area contributed by atoms with Crippen LogP contribution < -0.4 is 0 Å². The first-order chi connectivity index (χ1) is 7.00. The van der Waals surface area contributed by atoms with Crippen molar-refractivity contribution in [3.63, 3.8) is 0 Å². The molecule has 0 aromatic heterocycles. The molecule has 0 heterocycles. The first-order valence-corrected chi connectivity index (χ1v) is 5.89. The maximum Gasteiger partial charge on any atom is 0.155 e. The van der Waals surface area contributed by atoms with E-state index in [1.165, 1.54) is 17.6 Å². The second kappa shape index (κ2) is 3.62. The van der Waals surface area contributed by atoms with Crippen LogP contribution in [0.25, 0.3) is 0 Å². The Morgan fingerprint density at radius 2 is 2.13 bits per heavy atom. The molecule has 82 valence electrons. The van der Waals surface area contributed by atoms with Crippen LogP contribution in [0.3, 0.4) is 0 Å². The number of ketones is 1. The normalized spacial score (nSPS) is 29.3. The molecule has 0 saturated carbocycles. The van der Waals surface area contributed by atoms with Crippen LogP contribution in [0.2, 0.25) is 0 Å². The van der Waals surface area contributed by atoms with Gasteiger partial charge in [0, 0.05) is 6.42 Å². The maximum atomic E-state index is 11.2. The molecule has 0 amide bonds. The summed E-state index contributed by atoms with van der Waals surface area (Å²) < 4.78 is 0. The van der Waals surface area contributed by atoms with Gasteiger partial charge in [-0.25, -0.2) is 0 Å². The molecular weight excluding hydrogens is 184 g/mol. The fraction of sp³-hybridized carbons (Fsp3) is 0.643. The second-order valence-corrected chi connectivity index (χ2v) is 5.51. The third-order valence-corrected chi connectivity index (χ3v) is 4.31. The van der Waals surface area contributed by atoms with Crippen LogP contribution in [0.15, 0.2) is 23.3 Å². The predicted octanol–water partition coefficient (Wildman–Crippen LogP) is 3.66. The summed E-state index contributed by atoms with van der Waals surface area (Å²) in [6, 6.07) is 0. The Hall–Kier alpha value is -0.850. The Morgan fingerprint density at radius 3 is 2.60 bits per heavy atom. The SMILES string of the molecule is CC1=CCC(CC2=CC(=O)CC2)C1(C)C. The van der Waals surface area contributed by atoms with E-state index in [2.05, 4.69) is 26.8 Å². The fourth-order valence-corrected chi connectivity index (χ4v) is 2.67. The number of hydrogen-bond donors (Lipinski definition) is 0. The summed E-state index contributed by atoms with van der Waals surface area (Å²) in [6.45, 7) is 6.88. The van der Waals surface area contributed by atoms with Crippen LogP contribution in [-0.2, 0) is 4.79 Å². The molecule has 1 heteroatoms. The minimum absolute atomic E-state index is 0.325. The zero-order valence-corrected chi connectivity index (χ0v) is 9.97. The van der Waals surface area contributed by atoms with Crippen LogP contribution in [-0.4, -0.2) is 5.78 Å². The van der Waals surface area contributed by atoms with Crippen molar-refractivity contribution < 1.29 is 4.79 Å². The van der Waals surface area contributed by atoms with Gasteiger partial charge in [-0.2, -0.15) is 0 Å². The van der Waals surface area contributed by atoms with E-state index < -0.39 is 0 Å².